The molecule has 1 heterocycles. The van der Waals surface area contributed by atoms with Gasteiger partial charge < -0.3 is 14.5 Å². The van der Waals surface area contributed by atoms with Crippen molar-refractivity contribution in [2.75, 3.05) is 6.61 Å². The van der Waals surface area contributed by atoms with E-state index in [1.807, 2.05) is 6.07 Å². The number of nitro groups is 1. The Morgan fingerprint density at radius 2 is 2.17 bits per heavy atom. The first kappa shape index (κ1) is 16.0. The largest absolute Gasteiger partial charge is 0.477 e. The summed E-state index contributed by atoms with van der Waals surface area (Å²) >= 11 is 0. The second kappa shape index (κ2) is 7.09. The third-order valence-electron chi connectivity index (χ3n) is 2.90. The zero-order valence-electron chi connectivity index (χ0n) is 12.2. The molecule has 8 heteroatoms. The molecule has 0 saturated carbocycles. The van der Waals surface area contributed by atoms with Gasteiger partial charge in [0, 0.05) is 6.07 Å². The van der Waals surface area contributed by atoms with E-state index in [9.17, 15) is 14.9 Å². The number of nitro benzene ring substituents is 1. The Balaban J connectivity index is 1.98. The van der Waals surface area contributed by atoms with Crippen LogP contribution in [0.4, 0.5) is 5.69 Å². The van der Waals surface area contributed by atoms with Crippen LogP contribution in [0.3, 0.4) is 0 Å². The van der Waals surface area contributed by atoms with Gasteiger partial charge in [0.25, 0.3) is 5.91 Å². The Hall–Kier alpha value is -3.34. The minimum atomic E-state index is -0.953. The van der Waals surface area contributed by atoms with Gasteiger partial charge in [-0.15, -0.1) is 0 Å². The Kier molecular flexibility index (Phi) is 4.94. The lowest BCUT2D eigenvalue weighted by molar-refractivity contribution is -0.385. The van der Waals surface area contributed by atoms with Crippen LogP contribution in [0.2, 0.25) is 0 Å². The topological polar surface area (TPSA) is 118 Å². The SMILES string of the molecule is Cc1ccc(C(C#N)NC(=O)COc2ccccc2[N+](=O)[O-])o1. The predicted molar refractivity (Wildman–Crippen MR) is 78.5 cm³/mol. The van der Waals surface area contributed by atoms with Crippen molar-refractivity contribution in [3.8, 4) is 11.8 Å². The zero-order chi connectivity index (χ0) is 16.8. The van der Waals surface area contributed by atoms with Crippen LogP contribution in [0.25, 0.3) is 0 Å². The number of hydrogen-bond acceptors (Lipinski definition) is 6. The summed E-state index contributed by atoms with van der Waals surface area (Å²) in [7, 11) is 0. The highest BCUT2D eigenvalue weighted by molar-refractivity contribution is 5.78. The molecule has 2 rings (SSSR count). The van der Waals surface area contributed by atoms with Crippen LogP contribution in [0.5, 0.6) is 5.75 Å². The van der Waals surface area contributed by atoms with Gasteiger partial charge in [0.05, 0.1) is 11.0 Å². The van der Waals surface area contributed by atoms with E-state index in [1.165, 1.54) is 18.2 Å². The maximum absolute atomic E-state index is 11.8. The van der Waals surface area contributed by atoms with E-state index in [2.05, 4.69) is 5.32 Å². The van der Waals surface area contributed by atoms with Crippen molar-refractivity contribution in [1.82, 2.24) is 5.32 Å². The van der Waals surface area contributed by atoms with Gasteiger partial charge in [0.15, 0.2) is 18.4 Å². The van der Waals surface area contributed by atoms with E-state index >= 15 is 0 Å². The Morgan fingerprint density at radius 3 is 2.78 bits per heavy atom. The maximum atomic E-state index is 11.8. The van der Waals surface area contributed by atoms with Crippen LogP contribution in [-0.4, -0.2) is 17.4 Å². The van der Waals surface area contributed by atoms with Crippen molar-refractivity contribution in [3.63, 3.8) is 0 Å². The highest BCUT2D eigenvalue weighted by Gasteiger charge is 2.19. The summed E-state index contributed by atoms with van der Waals surface area (Å²) in [6.07, 6.45) is 0. The van der Waals surface area contributed by atoms with Crippen LogP contribution in [0.15, 0.2) is 40.8 Å². The summed E-state index contributed by atoms with van der Waals surface area (Å²) in [6.45, 7) is 1.26. The fraction of sp³-hybridized carbons (Fsp3) is 0.200. The molecular weight excluding hydrogens is 302 g/mol. The van der Waals surface area contributed by atoms with E-state index in [1.54, 1.807) is 25.1 Å². The van der Waals surface area contributed by atoms with Crippen LogP contribution >= 0.6 is 0 Å². The van der Waals surface area contributed by atoms with E-state index in [-0.39, 0.29) is 11.4 Å². The number of nitrogens with zero attached hydrogens (tertiary/aromatic N) is 2. The first-order valence-electron chi connectivity index (χ1n) is 6.63. The minimum Gasteiger partial charge on any atom is -0.477 e. The molecule has 2 aromatic rings. The van der Waals surface area contributed by atoms with Gasteiger partial charge in [-0.3, -0.25) is 14.9 Å². The van der Waals surface area contributed by atoms with Gasteiger partial charge in [-0.25, -0.2) is 0 Å². The first-order chi connectivity index (χ1) is 11.0. The molecular formula is C15H13N3O5. The molecule has 23 heavy (non-hydrogen) atoms. The molecule has 1 unspecified atom stereocenters. The lowest BCUT2D eigenvalue weighted by atomic mass is 10.2. The second-order valence-corrected chi connectivity index (χ2v) is 4.59. The normalized spacial score (nSPS) is 11.3. The van der Waals surface area contributed by atoms with Gasteiger partial charge in [0.2, 0.25) is 0 Å². The molecule has 0 aliphatic carbocycles. The molecule has 0 aliphatic rings. The molecule has 1 N–H and O–H groups in total. The summed E-state index contributed by atoms with van der Waals surface area (Å²) in [4.78, 5) is 22.1. The molecule has 1 aromatic heterocycles. The summed E-state index contributed by atoms with van der Waals surface area (Å²) in [5.41, 5.74) is -0.237. The van der Waals surface area contributed by atoms with Crippen LogP contribution in [-0.2, 0) is 4.79 Å². The molecule has 0 radical (unpaired) electrons. The number of carbonyl (C=O) groups is 1. The number of carbonyl (C=O) groups excluding carboxylic acids is 1. The van der Waals surface area contributed by atoms with E-state index in [4.69, 9.17) is 14.4 Å². The number of para-hydroxylation sites is 2. The third kappa shape index (κ3) is 4.07. The lowest BCUT2D eigenvalue weighted by Gasteiger charge is -2.10. The molecule has 0 bridgehead atoms. The zero-order valence-corrected chi connectivity index (χ0v) is 12.2. The number of aryl methyl sites for hydroxylation is 1. The van der Waals surface area contributed by atoms with Gasteiger partial charge in [-0.1, -0.05) is 12.1 Å². The smallest absolute Gasteiger partial charge is 0.310 e. The highest BCUT2D eigenvalue weighted by Crippen LogP contribution is 2.25. The van der Waals surface area contributed by atoms with E-state index < -0.39 is 23.5 Å². The molecule has 0 aliphatic heterocycles. The van der Waals surface area contributed by atoms with Gasteiger partial charge >= 0.3 is 5.69 Å². The van der Waals surface area contributed by atoms with E-state index in [0.717, 1.165) is 0 Å². The van der Waals surface area contributed by atoms with Crippen molar-refractivity contribution < 1.29 is 18.9 Å². The van der Waals surface area contributed by atoms with Crippen LogP contribution in [0.1, 0.15) is 17.6 Å². The molecule has 0 spiro atoms. The molecule has 1 amide bonds. The minimum absolute atomic E-state index is 0.0185. The Morgan fingerprint density at radius 1 is 1.43 bits per heavy atom. The van der Waals surface area contributed by atoms with Crippen molar-refractivity contribution in [3.05, 3.63) is 58.0 Å². The molecule has 0 fully saturated rings. The number of amides is 1. The van der Waals surface area contributed by atoms with Crippen molar-refractivity contribution in [1.29, 1.82) is 5.26 Å². The molecule has 1 aromatic carbocycles. The average Bonchev–Trinajstić information content (AvgIpc) is 2.97. The van der Waals surface area contributed by atoms with Crippen molar-refractivity contribution in [2.24, 2.45) is 0 Å². The fourth-order valence-electron chi connectivity index (χ4n) is 1.85. The number of benzene rings is 1. The second-order valence-electron chi connectivity index (χ2n) is 4.59. The summed E-state index contributed by atoms with van der Waals surface area (Å²) in [6, 6.07) is 9.94. The van der Waals surface area contributed by atoms with Crippen LogP contribution < -0.4 is 10.1 Å². The summed E-state index contributed by atoms with van der Waals surface area (Å²) in [5, 5.41) is 22.4. The number of rotatable bonds is 6. The highest BCUT2D eigenvalue weighted by atomic mass is 16.6. The molecule has 1 atom stereocenters. The number of nitrogens with one attached hydrogen (secondary N) is 1. The number of ether oxygens (including phenoxy) is 1. The molecule has 118 valence electrons. The van der Waals surface area contributed by atoms with Crippen LogP contribution in [0, 0.1) is 28.4 Å². The predicted octanol–water partition coefficient (Wildman–Crippen LogP) is 2.26. The van der Waals surface area contributed by atoms with Gasteiger partial charge in [-0.2, -0.15) is 5.26 Å². The Labute approximate surface area is 131 Å². The fourth-order valence-corrected chi connectivity index (χ4v) is 1.85. The quantitative estimate of drug-likeness (QED) is 0.645. The summed E-state index contributed by atoms with van der Waals surface area (Å²) in [5.74, 6) is 0.313. The monoisotopic (exact) mass is 315 g/mol. The number of hydrogen-bond donors (Lipinski definition) is 1. The van der Waals surface area contributed by atoms with Gasteiger partial charge in [-0.05, 0) is 25.1 Å². The standard InChI is InChI=1S/C15H13N3O5/c1-10-6-7-13(23-10)11(8-16)17-15(19)9-22-14-5-3-2-4-12(14)18(20)21/h2-7,11H,9H2,1H3,(H,17,19). The van der Waals surface area contributed by atoms with Gasteiger partial charge in [0.1, 0.15) is 11.5 Å². The first-order valence-corrected chi connectivity index (χ1v) is 6.63. The maximum Gasteiger partial charge on any atom is 0.310 e. The molecule has 8 nitrogen and oxygen atoms in total. The summed E-state index contributed by atoms with van der Waals surface area (Å²) < 4.78 is 10.4. The molecule has 0 saturated heterocycles. The number of furan rings is 1. The lowest BCUT2D eigenvalue weighted by Crippen LogP contribution is -2.31. The van der Waals surface area contributed by atoms with Crippen molar-refractivity contribution >= 4 is 11.6 Å². The third-order valence-corrected chi connectivity index (χ3v) is 2.90. The Bertz CT molecular complexity index is 762. The van der Waals surface area contributed by atoms with E-state index in [0.29, 0.717) is 11.5 Å². The number of nitriles is 1. The van der Waals surface area contributed by atoms with Crippen molar-refractivity contribution in [2.45, 2.75) is 13.0 Å². The average molecular weight is 315 g/mol.